The maximum atomic E-state index is 12.8. The first-order valence-corrected chi connectivity index (χ1v) is 17.7. The molecular formula is C31H52N3O11P. The predicted octanol–water partition coefficient (Wildman–Crippen LogP) is 1.64. The lowest BCUT2D eigenvalue weighted by Crippen LogP contribution is -2.55. The van der Waals surface area contributed by atoms with Crippen LogP contribution in [0.5, 0.6) is 5.75 Å². The van der Waals surface area contributed by atoms with Crippen LogP contribution < -0.4 is 15.4 Å². The van der Waals surface area contributed by atoms with Crippen LogP contribution in [0.15, 0.2) is 30.3 Å². The standard InChI is InChI=1S/C31H52N3O11P/c1-23(36)32-20-25-28(38)29(39)26(21-35)34(25)17-19-46(42,43)45-22-31(2,30(40)41)33-27(37)16-12-7-5-3-4-6-8-13-18-44-24-14-10-9-11-15-24/h9-11,14-15,25-26,28-29,35,38-39H,3-8,12-13,16-22H2,1-2H3,(H,32,36)(H,33,37)(H,40,41)(H,42,43)/t25-,26-,28-,29-,31?/m1/s1. The van der Waals surface area contributed by atoms with E-state index in [4.69, 9.17) is 9.26 Å². The van der Waals surface area contributed by atoms with E-state index < -0.39 is 68.7 Å². The Morgan fingerprint density at radius 3 is 2.13 bits per heavy atom. The summed E-state index contributed by atoms with van der Waals surface area (Å²) in [5.74, 6) is -1.45. The highest BCUT2D eigenvalue weighted by Crippen LogP contribution is 2.43. The Morgan fingerprint density at radius 2 is 1.54 bits per heavy atom. The van der Waals surface area contributed by atoms with Crippen LogP contribution in [-0.4, -0.2) is 117 Å². The molecule has 15 heteroatoms. The number of amides is 2. The van der Waals surface area contributed by atoms with Crippen LogP contribution in [-0.2, 0) is 23.5 Å². The molecular weight excluding hydrogens is 621 g/mol. The van der Waals surface area contributed by atoms with Crippen LogP contribution in [0.3, 0.4) is 0 Å². The van der Waals surface area contributed by atoms with E-state index in [-0.39, 0.29) is 25.4 Å². The Morgan fingerprint density at radius 1 is 0.957 bits per heavy atom. The van der Waals surface area contributed by atoms with Crippen molar-refractivity contribution in [3.05, 3.63) is 30.3 Å². The summed E-state index contributed by atoms with van der Waals surface area (Å²) in [4.78, 5) is 47.7. The summed E-state index contributed by atoms with van der Waals surface area (Å²) < 4.78 is 23.6. The third-order valence-corrected chi connectivity index (χ3v) is 9.43. The molecule has 6 atom stereocenters. The molecule has 14 nitrogen and oxygen atoms in total. The lowest BCUT2D eigenvalue weighted by atomic mass is 10.0. The number of aliphatic hydroxyl groups is 3. The molecule has 1 saturated heterocycles. The molecule has 1 heterocycles. The summed E-state index contributed by atoms with van der Waals surface area (Å²) in [6.07, 6.45) is 4.54. The van der Waals surface area contributed by atoms with E-state index in [2.05, 4.69) is 10.6 Å². The molecule has 0 bridgehead atoms. The Balaban J connectivity index is 1.69. The number of unbranched alkanes of at least 4 members (excludes halogenated alkanes) is 7. The van der Waals surface area contributed by atoms with Crippen LogP contribution in [0.2, 0.25) is 0 Å². The molecule has 2 unspecified atom stereocenters. The van der Waals surface area contributed by atoms with Crippen molar-refractivity contribution < 1.29 is 53.5 Å². The molecule has 46 heavy (non-hydrogen) atoms. The van der Waals surface area contributed by atoms with Gasteiger partial charge in [-0.3, -0.25) is 19.1 Å². The Kier molecular flexibility index (Phi) is 17.2. The number of para-hydroxylation sites is 1. The molecule has 1 aliphatic rings. The molecule has 2 rings (SSSR count). The van der Waals surface area contributed by atoms with E-state index >= 15 is 0 Å². The SMILES string of the molecule is CC(=O)NC[C@@H]1[C@@H](O)[C@H](O)[C@@H](CO)N1CCP(=O)(O)OCC(C)(NC(=O)CCCCCCCCCCOc1ccccc1)C(=O)O. The van der Waals surface area contributed by atoms with E-state index in [1.54, 1.807) is 0 Å². The van der Waals surface area contributed by atoms with Crippen LogP contribution in [0.4, 0.5) is 0 Å². The second-order valence-electron chi connectivity index (χ2n) is 12.0. The van der Waals surface area contributed by atoms with Crippen molar-refractivity contribution in [3.8, 4) is 5.75 Å². The summed E-state index contributed by atoms with van der Waals surface area (Å²) in [7, 11) is -4.42. The van der Waals surface area contributed by atoms with E-state index in [0.717, 1.165) is 50.7 Å². The third kappa shape index (κ3) is 13.6. The van der Waals surface area contributed by atoms with Crippen LogP contribution in [0.1, 0.15) is 71.6 Å². The number of hydrogen-bond donors (Lipinski definition) is 7. The van der Waals surface area contributed by atoms with Gasteiger partial charge in [0.1, 0.15) is 5.75 Å². The monoisotopic (exact) mass is 673 g/mol. The number of rotatable bonds is 23. The summed E-state index contributed by atoms with van der Waals surface area (Å²) >= 11 is 0. The molecule has 0 saturated carbocycles. The highest BCUT2D eigenvalue weighted by molar-refractivity contribution is 7.52. The second-order valence-corrected chi connectivity index (χ2v) is 14.0. The number of carbonyl (C=O) groups excluding carboxylic acids is 2. The first-order chi connectivity index (χ1) is 21.8. The molecule has 1 aliphatic heterocycles. The molecule has 7 N–H and O–H groups in total. The zero-order valence-electron chi connectivity index (χ0n) is 26.9. The van der Waals surface area contributed by atoms with Gasteiger partial charge in [0, 0.05) is 26.4 Å². The van der Waals surface area contributed by atoms with Gasteiger partial charge in [0.15, 0.2) is 5.54 Å². The van der Waals surface area contributed by atoms with Gasteiger partial charge in [0.05, 0.1) is 50.3 Å². The van der Waals surface area contributed by atoms with Gasteiger partial charge < -0.3 is 45.2 Å². The van der Waals surface area contributed by atoms with Crippen molar-refractivity contribution in [3.63, 3.8) is 0 Å². The molecule has 0 aromatic heterocycles. The first kappa shape index (κ1) is 39.6. The van der Waals surface area contributed by atoms with Gasteiger partial charge >= 0.3 is 13.6 Å². The molecule has 2 amide bonds. The third-order valence-electron chi connectivity index (χ3n) is 8.13. The topological polar surface area (TPSA) is 215 Å². The van der Waals surface area contributed by atoms with E-state index in [9.17, 15) is 44.3 Å². The van der Waals surface area contributed by atoms with Gasteiger partial charge in [-0.15, -0.1) is 0 Å². The highest BCUT2D eigenvalue weighted by Gasteiger charge is 2.47. The molecule has 0 spiro atoms. The molecule has 1 fully saturated rings. The van der Waals surface area contributed by atoms with Gasteiger partial charge in [-0.05, 0) is 31.9 Å². The maximum Gasteiger partial charge on any atom is 0.331 e. The fraction of sp³-hybridized carbons (Fsp3) is 0.710. The summed E-state index contributed by atoms with van der Waals surface area (Å²) in [5.41, 5.74) is -1.96. The first-order valence-electron chi connectivity index (χ1n) is 16.0. The minimum atomic E-state index is -4.42. The minimum absolute atomic E-state index is 0.0742. The van der Waals surface area contributed by atoms with Crippen molar-refractivity contribution in [1.29, 1.82) is 0 Å². The number of carboxylic acid groups (broad SMARTS) is 1. The smallest absolute Gasteiger partial charge is 0.331 e. The summed E-state index contributed by atoms with van der Waals surface area (Å²) in [6.45, 7) is 1.54. The fourth-order valence-corrected chi connectivity index (χ4v) is 6.41. The number of aliphatic carboxylic acids is 1. The van der Waals surface area contributed by atoms with Crippen molar-refractivity contribution in [2.45, 2.75) is 101 Å². The van der Waals surface area contributed by atoms with E-state index in [1.807, 2.05) is 30.3 Å². The number of nitrogens with one attached hydrogen (secondary N) is 2. The summed E-state index contributed by atoms with van der Waals surface area (Å²) in [5, 5.41) is 45.1. The number of likely N-dealkylation sites (tertiary alicyclic amines) is 1. The predicted molar refractivity (Wildman–Crippen MR) is 170 cm³/mol. The molecule has 0 aliphatic carbocycles. The minimum Gasteiger partial charge on any atom is -0.494 e. The zero-order chi connectivity index (χ0) is 34.2. The number of carbonyl (C=O) groups is 3. The molecule has 0 radical (unpaired) electrons. The number of hydrogen-bond acceptors (Lipinski definition) is 10. The highest BCUT2D eigenvalue weighted by atomic mass is 31.2. The molecule has 1 aromatic rings. The van der Waals surface area contributed by atoms with E-state index in [1.165, 1.54) is 18.7 Å². The quantitative estimate of drug-likeness (QED) is 0.0652. The normalized spacial score (nSPS) is 22.5. The van der Waals surface area contributed by atoms with Crippen molar-refractivity contribution in [1.82, 2.24) is 15.5 Å². The largest absolute Gasteiger partial charge is 0.494 e. The van der Waals surface area contributed by atoms with E-state index in [0.29, 0.717) is 13.0 Å². The van der Waals surface area contributed by atoms with Gasteiger partial charge in [0.2, 0.25) is 11.8 Å². The van der Waals surface area contributed by atoms with Crippen LogP contribution in [0, 0.1) is 0 Å². The van der Waals surface area contributed by atoms with Crippen molar-refractivity contribution in [2.75, 3.05) is 39.1 Å². The van der Waals surface area contributed by atoms with Gasteiger partial charge in [-0.1, -0.05) is 56.7 Å². The number of aliphatic hydroxyl groups excluding tert-OH is 3. The number of benzene rings is 1. The Labute approximate surface area is 271 Å². The second kappa shape index (κ2) is 19.9. The average Bonchev–Trinajstić information content (AvgIpc) is 3.24. The lowest BCUT2D eigenvalue weighted by molar-refractivity contribution is -0.148. The number of ether oxygens (including phenoxy) is 1. The number of carboxylic acids is 1. The zero-order valence-corrected chi connectivity index (χ0v) is 27.8. The fourth-order valence-electron chi connectivity index (χ4n) is 5.34. The van der Waals surface area contributed by atoms with Gasteiger partial charge in [-0.25, -0.2) is 4.79 Å². The van der Waals surface area contributed by atoms with Gasteiger partial charge in [-0.2, -0.15) is 0 Å². The molecule has 262 valence electrons. The Hall–Kier alpha value is -2.58. The van der Waals surface area contributed by atoms with Crippen LogP contribution in [0.25, 0.3) is 0 Å². The summed E-state index contributed by atoms with van der Waals surface area (Å²) in [6, 6.07) is 7.91. The number of nitrogens with zero attached hydrogens (tertiary/aromatic N) is 1. The average molecular weight is 674 g/mol. The van der Waals surface area contributed by atoms with Crippen molar-refractivity contribution >= 4 is 25.4 Å². The van der Waals surface area contributed by atoms with Crippen LogP contribution >= 0.6 is 7.60 Å². The van der Waals surface area contributed by atoms with Crippen molar-refractivity contribution in [2.24, 2.45) is 0 Å². The lowest BCUT2D eigenvalue weighted by Gasteiger charge is -2.31. The molecule has 1 aromatic carbocycles. The maximum absolute atomic E-state index is 12.8. The van der Waals surface area contributed by atoms with Gasteiger partial charge in [0.25, 0.3) is 0 Å². The Bertz CT molecular complexity index is 1130.